The third-order valence-electron chi connectivity index (χ3n) is 6.59. The van der Waals surface area contributed by atoms with Gasteiger partial charge in [-0.05, 0) is 49.9 Å². The summed E-state index contributed by atoms with van der Waals surface area (Å²) in [5, 5.41) is 4.64. The van der Waals surface area contributed by atoms with Gasteiger partial charge in [-0.25, -0.2) is 13.9 Å². The zero-order chi connectivity index (χ0) is 23.8. The topological polar surface area (TPSA) is 50.5 Å². The van der Waals surface area contributed by atoms with Gasteiger partial charge in [0.05, 0.1) is 11.7 Å². The summed E-state index contributed by atoms with van der Waals surface area (Å²) in [6.45, 7) is 6.58. The number of allylic oxidation sites excluding steroid dienone is 1. The largest absolute Gasteiger partial charge is 0.330 e. The summed E-state index contributed by atoms with van der Waals surface area (Å²) in [7, 11) is 0. The van der Waals surface area contributed by atoms with E-state index in [4.69, 9.17) is 0 Å². The van der Waals surface area contributed by atoms with Gasteiger partial charge < -0.3 is 4.90 Å². The van der Waals surface area contributed by atoms with Crippen molar-refractivity contribution in [3.63, 3.8) is 0 Å². The Bertz CT molecular complexity index is 1420. The molecule has 2 aromatic heterocycles. The van der Waals surface area contributed by atoms with Gasteiger partial charge in [0.1, 0.15) is 11.5 Å². The van der Waals surface area contributed by atoms with Crippen molar-refractivity contribution in [1.29, 1.82) is 0 Å². The zero-order valence-corrected chi connectivity index (χ0v) is 19.6. The fourth-order valence-corrected chi connectivity index (χ4v) is 4.78. The van der Waals surface area contributed by atoms with Crippen LogP contribution in [0.4, 0.5) is 4.39 Å². The van der Waals surface area contributed by atoms with E-state index in [1.807, 2.05) is 43.0 Å². The average molecular weight is 455 g/mol. The van der Waals surface area contributed by atoms with E-state index < -0.39 is 0 Å². The molecule has 172 valence electrons. The minimum Gasteiger partial charge on any atom is -0.330 e. The van der Waals surface area contributed by atoms with Gasteiger partial charge in [-0.15, -0.1) is 0 Å². The molecule has 1 aliphatic rings. The van der Waals surface area contributed by atoms with E-state index in [0.717, 1.165) is 12.1 Å². The second kappa shape index (κ2) is 8.86. The lowest BCUT2D eigenvalue weighted by Crippen LogP contribution is -2.39. The average Bonchev–Trinajstić information content (AvgIpc) is 3.29. The summed E-state index contributed by atoms with van der Waals surface area (Å²) in [5.41, 5.74) is 5.68. The van der Waals surface area contributed by atoms with Gasteiger partial charge in [0, 0.05) is 29.4 Å². The Kier molecular flexibility index (Phi) is 5.74. The van der Waals surface area contributed by atoms with Crippen LogP contribution in [0.1, 0.15) is 59.7 Å². The van der Waals surface area contributed by atoms with Crippen LogP contribution < -0.4 is 0 Å². The Balaban J connectivity index is 1.55. The van der Waals surface area contributed by atoms with Gasteiger partial charge >= 0.3 is 0 Å². The maximum Gasteiger partial charge on any atom is 0.273 e. The number of hydrogen-bond donors (Lipinski definition) is 0. The molecule has 5 nitrogen and oxygen atoms in total. The first-order valence-corrected chi connectivity index (χ1v) is 11.7. The molecule has 0 spiro atoms. The van der Waals surface area contributed by atoms with Gasteiger partial charge in [-0.2, -0.15) is 5.10 Å². The summed E-state index contributed by atoms with van der Waals surface area (Å²) >= 11 is 0. The van der Waals surface area contributed by atoms with Crippen molar-refractivity contribution in [2.45, 2.75) is 39.7 Å². The fourth-order valence-electron chi connectivity index (χ4n) is 4.78. The molecule has 0 radical (unpaired) electrons. The normalized spacial score (nSPS) is 15.8. The fraction of sp³-hybridized carbons (Fsp3) is 0.250. The van der Waals surface area contributed by atoms with Crippen LogP contribution in [0, 0.1) is 5.82 Å². The molecule has 0 aliphatic carbocycles. The van der Waals surface area contributed by atoms with Crippen molar-refractivity contribution >= 4 is 17.6 Å². The van der Waals surface area contributed by atoms with Crippen molar-refractivity contribution in [2.75, 3.05) is 6.54 Å². The van der Waals surface area contributed by atoms with E-state index in [1.54, 1.807) is 34.9 Å². The lowest BCUT2D eigenvalue weighted by molar-refractivity contribution is 0.0671. The predicted molar refractivity (Wildman–Crippen MR) is 132 cm³/mol. The molecule has 0 bridgehead atoms. The number of hydrogen-bond acceptors (Lipinski definition) is 3. The van der Waals surface area contributed by atoms with Gasteiger partial charge in [0.2, 0.25) is 0 Å². The van der Waals surface area contributed by atoms with Crippen LogP contribution in [0.3, 0.4) is 0 Å². The van der Waals surface area contributed by atoms with Gasteiger partial charge in [0.15, 0.2) is 5.65 Å². The highest BCUT2D eigenvalue weighted by atomic mass is 19.1. The molecular formula is C28H27FN4O. The first-order valence-electron chi connectivity index (χ1n) is 11.7. The summed E-state index contributed by atoms with van der Waals surface area (Å²) in [4.78, 5) is 20.1. The Hall–Kier alpha value is -3.80. The molecule has 1 aliphatic heterocycles. The number of benzene rings is 2. The number of halogens is 1. The number of amides is 1. The second-order valence-electron chi connectivity index (χ2n) is 8.62. The molecule has 0 saturated carbocycles. The van der Waals surface area contributed by atoms with Gasteiger partial charge in [-0.3, -0.25) is 4.79 Å². The maximum atomic E-state index is 15.1. The first kappa shape index (κ1) is 22.0. The van der Waals surface area contributed by atoms with E-state index in [2.05, 4.69) is 29.1 Å². The van der Waals surface area contributed by atoms with Crippen LogP contribution in [0.2, 0.25) is 0 Å². The number of nitrogens with zero attached hydrogens (tertiary/aromatic N) is 4. The third-order valence-corrected chi connectivity index (χ3v) is 6.59. The third kappa shape index (κ3) is 3.69. The van der Waals surface area contributed by atoms with Crippen molar-refractivity contribution in [1.82, 2.24) is 19.5 Å². The lowest BCUT2D eigenvalue weighted by Gasteiger charge is -2.35. The molecule has 1 amide bonds. The molecule has 2 aromatic carbocycles. The lowest BCUT2D eigenvalue weighted by atomic mass is 9.93. The van der Waals surface area contributed by atoms with E-state index in [9.17, 15) is 4.79 Å². The number of fused-ring (bicyclic) bond motifs is 2. The van der Waals surface area contributed by atoms with Gasteiger partial charge in [-0.1, -0.05) is 55.5 Å². The molecule has 1 unspecified atom stereocenters. The van der Waals surface area contributed by atoms with Crippen LogP contribution in [-0.4, -0.2) is 31.9 Å². The van der Waals surface area contributed by atoms with E-state index in [-0.39, 0.29) is 17.8 Å². The second-order valence-corrected chi connectivity index (χ2v) is 8.62. The van der Waals surface area contributed by atoms with E-state index in [1.165, 1.54) is 11.1 Å². The Labute approximate surface area is 198 Å². The Morgan fingerprint density at radius 2 is 2.00 bits per heavy atom. The quantitative estimate of drug-likeness (QED) is 0.386. The van der Waals surface area contributed by atoms with Crippen LogP contribution >= 0.6 is 0 Å². The molecule has 6 heteroatoms. The highest BCUT2D eigenvalue weighted by Gasteiger charge is 2.29. The standard InChI is InChI=1S/C28H27FN4O/c1-4-9-20-11-8-13-23(27(20)29)24-17-26-30-25(16-21(5-2)33(26)31-24)28(34)32-15-14-19-10-6-7-12-22(19)18(32)3/h4,6-13,16-18H,5,14-15H2,1-3H3/b9-4+. The monoisotopic (exact) mass is 454 g/mol. The minimum atomic E-state index is -0.320. The molecule has 0 saturated heterocycles. The van der Waals surface area contributed by atoms with Crippen molar-refractivity contribution < 1.29 is 9.18 Å². The Morgan fingerprint density at radius 3 is 2.79 bits per heavy atom. The first-order chi connectivity index (χ1) is 16.5. The molecule has 0 N–H and O–H groups in total. The molecule has 4 aromatic rings. The predicted octanol–water partition coefficient (Wildman–Crippen LogP) is 5.89. The molecule has 3 heterocycles. The molecule has 1 atom stereocenters. The smallest absolute Gasteiger partial charge is 0.273 e. The van der Waals surface area contributed by atoms with Gasteiger partial charge in [0.25, 0.3) is 5.91 Å². The summed E-state index contributed by atoms with van der Waals surface area (Å²) in [6.07, 6.45) is 5.03. The van der Waals surface area contributed by atoms with E-state index in [0.29, 0.717) is 41.1 Å². The highest BCUT2D eigenvalue weighted by Crippen LogP contribution is 2.31. The highest BCUT2D eigenvalue weighted by molar-refractivity contribution is 5.93. The number of aryl methyl sites for hydroxylation is 1. The number of carbonyl (C=O) groups is 1. The molecule has 34 heavy (non-hydrogen) atoms. The minimum absolute atomic E-state index is 0.0236. The number of rotatable bonds is 4. The van der Waals surface area contributed by atoms with Crippen molar-refractivity contribution in [3.8, 4) is 11.3 Å². The van der Waals surface area contributed by atoms with Crippen molar-refractivity contribution in [2.24, 2.45) is 0 Å². The molecular weight excluding hydrogens is 427 g/mol. The summed E-state index contributed by atoms with van der Waals surface area (Å²) in [6, 6.07) is 17.1. The maximum absolute atomic E-state index is 15.1. The Morgan fingerprint density at radius 1 is 1.18 bits per heavy atom. The van der Waals surface area contributed by atoms with Crippen LogP contribution in [0.25, 0.3) is 23.0 Å². The van der Waals surface area contributed by atoms with E-state index >= 15 is 4.39 Å². The number of aromatic nitrogens is 3. The van der Waals surface area contributed by atoms with Crippen LogP contribution in [0.5, 0.6) is 0 Å². The van der Waals surface area contributed by atoms with Crippen LogP contribution in [-0.2, 0) is 12.8 Å². The van der Waals surface area contributed by atoms with Crippen LogP contribution in [0.15, 0.2) is 60.7 Å². The van der Waals surface area contributed by atoms with Crippen molar-refractivity contribution in [3.05, 3.63) is 94.6 Å². The number of carbonyl (C=O) groups excluding carboxylic acids is 1. The zero-order valence-electron chi connectivity index (χ0n) is 19.6. The molecule has 0 fully saturated rings. The summed E-state index contributed by atoms with van der Waals surface area (Å²) < 4.78 is 16.8. The molecule has 5 rings (SSSR count). The SMILES string of the molecule is C/C=C/c1cccc(-c2cc3nc(C(=O)N4CCc5ccccc5C4C)cc(CC)n3n2)c1F. The summed E-state index contributed by atoms with van der Waals surface area (Å²) in [5.74, 6) is -0.414.